The predicted octanol–water partition coefficient (Wildman–Crippen LogP) is 2.38. The zero-order chi connectivity index (χ0) is 16.9. The van der Waals surface area contributed by atoms with Crippen LogP contribution in [0.25, 0.3) is 0 Å². The van der Waals surface area contributed by atoms with E-state index in [1.54, 1.807) is 12.0 Å². The molecule has 0 aromatic heterocycles. The molecule has 24 heavy (non-hydrogen) atoms. The van der Waals surface area contributed by atoms with Crippen LogP contribution in [0.2, 0.25) is 0 Å². The molecule has 0 N–H and O–H groups in total. The highest BCUT2D eigenvalue weighted by atomic mass is 16.5. The number of carbonyl (C=O) groups is 2. The highest BCUT2D eigenvalue weighted by Gasteiger charge is 2.31. The Hall–Kier alpha value is -1.88. The minimum absolute atomic E-state index is 0.0486. The number of amides is 2. The summed E-state index contributed by atoms with van der Waals surface area (Å²) in [4.78, 5) is 28.9. The summed E-state index contributed by atoms with van der Waals surface area (Å²) < 4.78 is 5.18. The van der Waals surface area contributed by atoms with Crippen LogP contribution in [-0.2, 0) is 20.7 Å². The summed E-state index contributed by atoms with van der Waals surface area (Å²) in [6.45, 7) is 1.61. The molecule has 0 unspecified atom stereocenters. The topological polar surface area (TPSA) is 49.9 Å². The number of ether oxygens (including phenoxy) is 1. The second kappa shape index (κ2) is 7.79. The Labute approximate surface area is 143 Å². The van der Waals surface area contributed by atoms with Gasteiger partial charge in [-0.05, 0) is 43.7 Å². The van der Waals surface area contributed by atoms with E-state index in [0.29, 0.717) is 13.0 Å². The van der Waals surface area contributed by atoms with Gasteiger partial charge < -0.3 is 14.5 Å². The van der Waals surface area contributed by atoms with Gasteiger partial charge in [-0.25, -0.2) is 0 Å². The number of likely N-dealkylation sites (tertiary alicyclic amines) is 1. The number of fused-ring (bicyclic) bond motifs is 1. The molecule has 2 heterocycles. The molecular weight excluding hydrogens is 304 g/mol. The largest absolute Gasteiger partial charge is 0.385 e. The quantitative estimate of drug-likeness (QED) is 0.833. The highest BCUT2D eigenvalue weighted by Crippen LogP contribution is 2.28. The van der Waals surface area contributed by atoms with Crippen molar-refractivity contribution in [2.75, 3.05) is 31.7 Å². The molecule has 0 spiro atoms. The Kier molecular flexibility index (Phi) is 5.51. The van der Waals surface area contributed by atoms with E-state index in [9.17, 15) is 9.59 Å². The molecule has 2 amide bonds. The van der Waals surface area contributed by atoms with Gasteiger partial charge >= 0.3 is 0 Å². The molecular formula is C19H26N2O3. The number of hydrogen-bond donors (Lipinski definition) is 0. The van der Waals surface area contributed by atoms with E-state index in [4.69, 9.17) is 4.74 Å². The van der Waals surface area contributed by atoms with Gasteiger partial charge in [-0.1, -0.05) is 18.2 Å². The maximum atomic E-state index is 12.9. The number of benzene rings is 1. The van der Waals surface area contributed by atoms with E-state index in [1.165, 1.54) is 0 Å². The second-order valence-electron chi connectivity index (χ2n) is 6.63. The Morgan fingerprint density at radius 1 is 1.25 bits per heavy atom. The van der Waals surface area contributed by atoms with Crippen LogP contribution in [0.3, 0.4) is 0 Å². The number of para-hydroxylation sites is 1. The molecule has 3 rings (SSSR count). The maximum absolute atomic E-state index is 12.9. The first-order chi connectivity index (χ1) is 11.7. The lowest BCUT2D eigenvalue weighted by atomic mass is 9.98. The summed E-state index contributed by atoms with van der Waals surface area (Å²) in [5, 5.41) is 0. The van der Waals surface area contributed by atoms with Crippen molar-refractivity contribution in [3.63, 3.8) is 0 Å². The molecule has 1 fully saturated rings. The van der Waals surface area contributed by atoms with Gasteiger partial charge in [0.2, 0.25) is 11.8 Å². The van der Waals surface area contributed by atoms with Gasteiger partial charge in [-0.15, -0.1) is 0 Å². The van der Waals surface area contributed by atoms with Crippen molar-refractivity contribution in [1.29, 1.82) is 0 Å². The fraction of sp³-hybridized carbons (Fsp3) is 0.579. The summed E-state index contributed by atoms with van der Waals surface area (Å²) in [7, 11) is 1.69. The molecule has 0 saturated carbocycles. The average molecular weight is 330 g/mol. The van der Waals surface area contributed by atoms with Crippen LogP contribution >= 0.6 is 0 Å². The van der Waals surface area contributed by atoms with Gasteiger partial charge in [0.1, 0.15) is 6.54 Å². The Balaban J connectivity index is 1.72. The lowest BCUT2D eigenvalue weighted by molar-refractivity contribution is -0.135. The highest BCUT2D eigenvalue weighted by molar-refractivity contribution is 6.01. The van der Waals surface area contributed by atoms with Crippen LogP contribution in [0.4, 0.5) is 5.69 Å². The molecule has 2 aliphatic rings. The predicted molar refractivity (Wildman–Crippen MR) is 93.0 cm³/mol. The molecule has 130 valence electrons. The Bertz CT molecular complexity index is 602. The summed E-state index contributed by atoms with van der Waals surface area (Å²) in [5.41, 5.74) is 2.05. The SMILES string of the molecule is COCC[C@@H]1CCCCN1C(=O)CN1C(=O)CCc2ccccc21. The van der Waals surface area contributed by atoms with Crippen molar-refractivity contribution in [2.45, 2.75) is 44.6 Å². The molecule has 2 aliphatic heterocycles. The minimum atomic E-state index is 0.0486. The normalized spacial score (nSPS) is 20.9. The molecule has 1 atom stereocenters. The van der Waals surface area contributed by atoms with Gasteiger partial charge in [0.05, 0.1) is 0 Å². The summed E-state index contributed by atoms with van der Waals surface area (Å²) >= 11 is 0. The number of nitrogens with zero attached hydrogens (tertiary/aromatic N) is 2. The Morgan fingerprint density at radius 3 is 2.92 bits per heavy atom. The van der Waals surface area contributed by atoms with Gasteiger partial charge in [-0.2, -0.15) is 0 Å². The minimum Gasteiger partial charge on any atom is -0.385 e. The molecule has 1 aromatic carbocycles. The third kappa shape index (κ3) is 3.61. The first kappa shape index (κ1) is 17.0. The molecule has 5 nitrogen and oxygen atoms in total. The zero-order valence-corrected chi connectivity index (χ0v) is 14.4. The van der Waals surface area contributed by atoms with E-state index in [0.717, 1.165) is 49.9 Å². The Morgan fingerprint density at radius 2 is 2.08 bits per heavy atom. The number of anilines is 1. The number of aryl methyl sites for hydroxylation is 1. The summed E-state index contributed by atoms with van der Waals surface area (Å²) in [5.74, 6) is 0.105. The van der Waals surface area contributed by atoms with Crippen molar-refractivity contribution in [2.24, 2.45) is 0 Å². The fourth-order valence-corrected chi connectivity index (χ4v) is 3.78. The van der Waals surface area contributed by atoms with E-state index >= 15 is 0 Å². The molecule has 1 saturated heterocycles. The van der Waals surface area contributed by atoms with Crippen molar-refractivity contribution < 1.29 is 14.3 Å². The summed E-state index contributed by atoms with van der Waals surface area (Å²) in [6.07, 6.45) is 5.34. The van der Waals surface area contributed by atoms with Crippen molar-refractivity contribution in [3.05, 3.63) is 29.8 Å². The van der Waals surface area contributed by atoms with Crippen LogP contribution in [-0.4, -0.2) is 49.6 Å². The van der Waals surface area contributed by atoms with Crippen molar-refractivity contribution in [3.8, 4) is 0 Å². The van der Waals surface area contributed by atoms with Crippen LogP contribution in [0.15, 0.2) is 24.3 Å². The second-order valence-corrected chi connectivity index (χ2v) is 6.63. The van der Waals surface area contributed by atoms with Gasteiger partial charge in [0.15, 0.2) is 0 Å². The fourth-order valence-electron chi connectivity index (χ4n) is 3.78. The number of methoxy groups -OCH3 is 1. The van der Waals surface area contributed by atoms with Gasteiger partial charge in [0, 0.05) is 38.4 Å². The third-order valence-electron chi connectivity index (χ3n) is 5.09. The number of rotatable bonds is 5. The molecule has 1 aromatic rings. The number of hydrogen-bond acceptors (Lipinski definition) is 3. The average Bonchev–Trinajstić information content (AvgIpc) is 2.62. The van der Waals surface area contributed by atoms with Crippen molar-refractivity contribution >= 4 is 17.5 Å². The van der Waals surface area contributed by atoms with Crippen LogP contribution in [0.5, 0.6) is 0 Å². The lowest BCUT2D eigenvalue weighted by Crippen LogP contribution is -2.50. The van der Waals surface area contributed by atoms with Crippen LogP contribution in [0.1, 0.15) is 37.7 Å². The molecule has 0 aliphatic carbocycles. The summed E-state index contributed by atoms with van der Waals surface area (Å²) in [6, 6.07) is 8.14. The number of piperidine rings is 1. The van der Waals surface area contributed by atoms with E-state index < -0.39 is 0 Å². The lowest BCUT2D eigenvalue weighted by Gasteiger charge is -2.38. The van der Waals surface area contributed by atoms with E-state index in [2.05, 4.69) is 0 Å². The smallest absolute Gasteiger partial charge is 0.242 e. The monoisotopic (exact) mass is 330 g/mol. The molecule has 0 radical (unpaired) electrons. The van der Waals surface area contributed by atoms with Gasteiger partial charge in [-0.3, -0.25) is 9.59 Å². The van der Waals surface area contributed by atoms with Crippen LogP contribution < -0.4 is 4.90 Å². The van der Waals surface area contributed by atoms with Crippen molar-refractivity contribution in [1.82, 2.24) is 4.90 Å². The molecule has 0 bridgehead atoms. The first-order valence-electron chi connectivity index (χ1n) is 8.87. The van der Waals surface area contributed by atoms with Crippen LogP contribution in [0, 0.1) is 0 Å². The number of carbonyl (C=O) groups excluding carboxylic acids is 2. The van der Waals surface area contributed by atoms with E-state index in [1.807, 2.05) is 29.2 Å². The maximum Gasteiger partial charge on any atom is 0.242 e. The third-order valence-corrected chi connectivity index (χ3v) is 5.09. The first-order valence-corrected chi connectivity index (χ1v) is 8.87. The zero-order valence-electron chi connectivity index (χ0n) is 14.4. The molecule has 5 heteroatoms. The van der Waals surface area contributed by atoms with Gasteiger partial charge in [0.25, 0.3) is 0 Å². The van der Waals surface area contributed by atoms with E-state index in [-0.39, 0.29) is 24.4 Å². The standard InChI is InChI=1S/C19H26N2O3/c1-24-13-11-16-7-4-5-12-20(16)19(23)14-21-17-8-3-2-6-15(17)9-10-18(21)22/h2-3,6,8,16H,4-5,7,9-14H2,1H3/t16-/m0/s1.